The van der Waals surface area contributed by atoms with Crippen molar-refractivity contribution in [2.45, 2.75) is 52.2 Å². The number of hydrogen-bond acceptors (Lipinski definition) is 4. The summed E-state index contributed by atoms with van der Waals surface area (Å²) < 4.78 is 5.29. The Morgan fingerprint density at radius 1 is 1.41 bits per heavy atom. The lowest BCUT2D eigenvalue weighted by Gasteiger charge is -2.27. The van der Waals surface area contributed by atoms with E-state index in [1.165, 1.54) is 0 Å². The molecule has 0 fully saturated rings. The molecule has 0 aliphatic rings. The predicted molar refractivity (Wildman–Crippen MR) is 75.6 cm³/mol. The molecule has 0 aromatic rings. The largest absolute Gasteiger partial charge is 0.460 e. The van der Waals surface area contributed by atoms with Gasteiger partial charge in [0, 0.05) is 18.3 Å². The first kappa shape index (κ1) is 16.8. The van der Waals surface area contributed by atoms with Crippen molar-refractivity contribution in [2.75, 3.05) is 25.6 Å². The lowest BCUT2D eigenvalue weighted by molar-refractivity contribution is -0.155. The van der Waals surface area contributed by atoms with Gasteiger partial charge in [-0.25, -0.2) is 0 Å². The zero-order chi connectivity index (χ0) is 13.5. The molecule has 0 saturated carbocycles. The molecule has 0 amide bonds. The van der Waals surface area contributed by atoms with Gasteiger partial charge in [-0.1, -0.05) is 6.92 Å². The molecule has 0 N–H and O–H groups in total. The molecule has 0 aliphatic carbocycles. The van der Waals surface area contributed by atoms with Gasteiger partial charge in [-0.05, 0) is 40.5 Å². The van der Waals surface area contributed by atoms with Crippen molar-refractivity contribution in [3.8, 4) is 0 Å². The number of thioether (sulfide) groups is 1. The summed E-state index contributed by atoms with van der Waals surface area (Å²) in [6.45, 7) is 8.66. The Labute approximate surface area is 110 Å². The molecule has 0 spiro atoms. The fourth-order valence-corrected chi connectivity index (χ4v) is 2.47. The highest BCUT2D eigenvalue weighted by Crippen LogP contribution is 2.11. The summed E-state index contributed by atoms with van der Waals surface area (Å²) in [6, 6.07) is 0.549. The second kappa shape index (κ2) is 7.98. The van der Waals surface area contributed by atoms with Crippen molar-refractivity contribution in [3.63, 3.8) is 0 Å². The first-order valence-electron chi connectivity index (χ1n) is 6.21. The van der Waals surface area contributed by atoms with Gasteiger partial charge in [0.25, 0.3) is 0 Å². The number of rotatable bonds is 7. The van der Waals surface area contributed by atoms with Crippen LogP contribution in [0, 0.1) is 0 Å². The number of carbonyl (C=O) groups is 1. The van der Waals surface area contributed by atoms with Gasteiger partial charge in [0.2, 0.25) is 0 Å². The van der Waals surface area contributed by atoms with E-state index in [9.17, 15) is 4.79 Å². The van der Waals surface area contributed by atoms with E-state index in [0.29, 0.717) is 12.5 Å². The zero-order valence-corrected chi connectivity index (χ0v) is 12.9. The van der Waals surface area contributed by atoms with E-state index < -0.39 is 0 Å². The third-order valence-electron chi connectivity index (χ3n) is 2.54. The van der Waals surface area contributed by atoms with Crippen LogP contribution in [0.3, 0.4) is 0 Å². The fourth-order valence-electron chi connectivity index (χ4n) is 1.59. The molecule has 0 aromatic carbocycles. The predicted octanol–water partition coefficient (Wildman–Crippen LogP) is 2.79. The second-order valence-corrected chi connectivity index (χ2v) is 6.25. The maximum absolute atomic E-state index is 11.6. The minimum atomic E-state index is -0.376. The van der Waals surface area contributed by atoms with E-state index in [-0.39, 0.29) is 11.6 Å². The van der Waals surface area contributed by atoms with E-state index in [1.807, 2.05) is 32.5 Å². The van der Waals surface area contributed by atoms with Crippen molar-refractivity contribution in [1.82, 2.24) is 4.90 Å². The smallest absolute Gasteiger partial charge is 0.307 e. The average Bonchev–Trinajstić information content (AvgIpc) is 2.20. The van der Waals surface area contributed by atoms with Gasteiger partial charge in [-0.2, -0.15) is 11.8 Å². The van der Waals surface area contributed by atoms with Gasteiger partial charge in [0.1, 0.15) is 5.60 Å². The molecule has 1 atom stereocenters. The van der Waals surface area contributed by atoms with Crippen molar-refractivity contribution in [2.24, 2.45) is 0 Å². The third kappa shape index (κ3) is 8.50. The number of ether oxygens (including phenoxy) is 1. The summed E-state index contributed by atoms with van der Waals surface area (Å²) >= 11 is 1.85. The first-order chi connectivity index (χ1) is 7.80. The van der Waals surface area contributed by atoms with E-state index in [1.54, 1.807) is 0 Å². The molecule has 0 bridgehead atoms. The lowest BCUT2D eigenvalue weighted by Crippen LogP contribution is -2.35. The summed E-state index contributed by atoms with van der Waals surface area (Å²) in [5, 5.41) is 0. The van der Waals surface area contributed by atoms with Crippen LogP contribution in [0.2, 0.25) is 0 Å². The molecule has 0 saturated heterocycles. The van der Waals surface area contributed by atoms with E-state index in [0.717, 1.165) is 18.7 Å². The fraction of sp³-hybridized carbons (Fsp3) is 0.923. The van der Waals surface area contributed by atoms with Gasteiger partial charge in [-0.15, -0.1) is 0 Å². The van der Waals surface area contributed by atoms with Crippen LogP contribution in [0.25, 0.3) is 0 Å². The van der Waals surface area contributed by atoms with Crippen LogP contribution in [-0.2, 0) is 9.53 Å². The summed E-state index contributed by atoms with van der Waals surface area (Å²) in [4.78, 5) is 13.8. The van der Waals surface area contributed by atoms with Crippen LogP contribution >= 0.6 is 11.8 Å². The topological polar surface area (TPSA) is 29.5 Å². The van der Waals surface area contributed by atoms with Crippen molar-refractivity contribution in [1.29, 1.82) is 0 Å². The quantitative estimate of drug-likeness (QED) is 0.659. The third-order valence-corrected chi connectivity index (χ3v) is 3.26. The van der Waals surface area contributed by atoms with Crippen molar-refractivity contribution in [3.05, 3.63) is 0 Å². The van der Waals surface area contributed by atoms with Gasteiger partial charge in [0.15, 0.2) is 0 Å². The van der Waals surface area contributed by atoms with Crippen LogP contribution in [-0.4, -0.2) is 48.1 Å². The maximum Gasteiger partial charge on any atom is 0.307 e. The molecule has 1 unspecified atom stereocenters. The van der Waals surface area contributed by atoms with Crippen LogP contribution < -0.4 is 0 Å². The first-order valence-corrected chi connectivity index (χ1v) is 7.60. The summed E-state index contributed by atoms with van der Waals surface area (Å²) in [7, 11) is 2.08. The average molecular weight is 261 g/mol. The number of carbonyl (C=O) groups excluding carboxylic acids is 1. The van der Waals surface area contributed by atoms with E-state index in [4.69, 9.17) is 4.74 Å². The molecule has 0 aliphatic heterocycles. The second-order valence-electron chi connectivity index (χ2n) is 5.33. The van der Waals surface area contributed by atoms with Crippen LogP contribution in [0.15, 0.2) is 0 Å². The molecule has 0 rings (SSSR count). The standard InChI is InChI=1S/C13H27NO2S/c1-7-11(10-17-6)14(5)9-8-12(15)16-13(2,3)4/h11H,7-10H2,1-6H3. The zero-order valence-electron chi connectivity index (χ0n) is 12.1. The number of nitrogens with zero attached hydrogens (tertiary/aromatic N) is 1. The Morgan fingerprint density at radius 3 is 2.41 bits per heavy atom. The highest BCUT2D eigenvalue weighted by Gasteiger charge is 2.18. The SMILES string of the molecule is CCC(CSC)N(C)CCC(=O)OC(C)(C)C. The van der Waals surface area contributed by atoms with Crippen LogP contribution in [0.4, 0.5) is 0 Å². The van der Waals surface area contributed by atoms with Gasteiger partial charge in [-0.3, -0.25) is 4.79 Å². The Hall–Kier alpha value is -0.220. The van der Waals surface area contributed by atoms with Gasteiger partial charge < -0.3 is 9.64 Å². The highest BCUT2D eigenvalue weighted by molar-refractivity contribution is 7.98. The van der Waals surface area contributed by atoms with Gasteiger partial charge >= 0.3 is 5.97 Å². The van der Waals surface area contributed by atoms with Crippen molar-refractivity contribution >= 4 is 17.7 Å². The summed E-state index contributed by atoms with van der Waals surface area (Å²) in [5.41, 5.74) is -0.376. The minimum Gasteiger partial charge on any atom is -0.460 e. The lowest BCUT2D eigenvalue weighted by atomic mass is 10.2. The molecule has 0 heterocycles. The summed E-state index contributed by atoms with van der Waals surface area (Å²) in [6.07, 6.45) is 3.70. The Morgan fingerprint density at radius 2 is 2.00 bits per heavy atom. The van der Waals surface area contributed by atoms with Crippen molar-refractivity contribution < 1.29 is 9.53 Å². The Bertz CT molecular complexity index is 226. The summed E-state index contributed by atoms with van der Waals surface area (Å²) in [5.74, 6) is 1.00. The Balaban J connectivity index is 3.97. The minimum absolute atomic E-state index is 0.108. The highest BCUT2D eigenvalue weighted by atomic mass is 32.2. The molecular weight excluding hydrogens is 234 g/mol. The molecule has 0 radical (unpaired) electrons. The van der Waals surface area contributed by atoms with E-state index >= 15 is 0 Å². The number of esters is 1. The maximum atomic E-state index is 11.6. The molecule has 3 nitrogen and oxygen atoms in total. The monoisotopic (exact) mass is 261 g/mol. The van der Waals surface area contributed by atoms with Crippen LogP contribution in [0.1, 0.15) is 40.5 Å². The molecule has 4 heteroatoms. The molecule has 0 aromatic heterocycles. The van der Waals surface area contributed by atoms with Gasteiger partial charge in [0.05, 0.1) is 6.42 Å². The normalized spacial score (nSPS) is 13.8. The molecule has 102 valence electrons. The molecular formula is C13H27NO2S. The number of hydrogen-bond donors (Lipinski definition) is 0. The van der Waals surface area contributed by atoms with E-state index in [2.05, 4.69) is 25.1 Å². The molecule has 17 heavy (non-hydrogen) atoms. The Kier molecular flexibility index (Phi) is 7.88. The van der Waals surface area contributed by atoms with Crippen LogP contribution in [0.5, 0.6) is 0 Å².